The highest BCUT2D eigenvalue weighted by Crippen LogP contribution is 2.38. The first-order valence-electron chi connectivity index (χ1n) is 6.14. The molecule has 1 aromatic rings. The summed E-state index contributed by atoms with van der Waals surface area (Å²) in [5.41, 5.74) is 0.370. The molecule has 0 saturated heterocycles. The molecule has 7 nitrogen and oxygen atoms in total. The maximum Gasteiger partial charge on any atom is 0.257 e. The van der Waals surface area contributed by atoms with Crippen molar-refractivity contribution in [2.24, 2.45) is 0 Å². The lowest BCUT2D eigenvalue weighted by Crippen LogP contribution is -2.29. The number of methoxy groups -OCH3 is 2. The second-order valence-electron chi connectivity index (χ2n) is 3.92. The van der Waals surface area contributed by atoms with Gasteiger partial charge in [0.15, 0.2) is 18.1 Å². The first kappa shape index (κ1) is 16.3. The molecule has 1 rings (SSSR count). The van der Waals surface area contributed by atoms with Crippen molar-refractivity contribution in [1.29, 1.82) is 5.26 Å². The van der Waals surface area contributed by atoms with Crippen LogP contribution in [0.3, 0.4) is 0 Å². The summed E-state index contributed by atoms with van der Waals surface area (Å²) in [5.74, 6) is 0.456. The predicted octanol–water partition coefficient (Wildman–Crippen LogP) is 0.925. The van der Waals surface area contributed by atoms with E-state index in [-0.39, 0.29) is 31.2 Å². The molecule has 7 heteroatoms. The van der Waals surface area contributed by atoms with Crippen LogP contribution < -0.4 is 19.5 Å². The van der Waals surface area contributed by atoms with Gasteiger partial charge in [0.2, 0.25) is 5.75 Å². The van der Waals surface area contributed by atoms with Crippen LogP contribution in [0.5, 0.6) is 17.2 Å². The van der Waals surface area contributed by atoms with Crippen molar-refractivity contribution >= 4 is 12.2 Å². The van der Waals surface area contributed by atoms with Gasteiger partial charge < -0.3 is 19.5 Å². The number of benzene rings is 1. The second kappa shape index (κ2) is 8.43. The van der Waals surface area contributed by atoms with E-state index in [0.717, 1.165) is 0 Å². The van der Waals surface area contributed by atoms with Crippen molar-refractivity contribution in [3.63, 3.8) is 0 Å². The van der Waals surface area contributed by atoms with Gasteiger partial charge in [0.05, 0.1) is 26.7 Å². The van der Waals surface area contributed by atoms with Gasteiger partial charge in [-0.15, -0.1) is 0 Å². The number of amides is 1. The quantitative estimate of drug-likeness (QED) is 0.565. The molecule has 21 heavy (non-hydrogen) atoms. The van der Waals surface area contributed by atoms with E-state index in [0.29, 0.717) is 23.3 Å². The largest absolute Gasteiger partial charge is 0.493 e. The van der Waals surface area contributed by atoms with Crippen molar-refractivity contribution in [3.8, 4) is 23.3 Å². The number of carbonyl (C=O) groups is 2. The lowest BCUT2D eigenvalue weighted by Gasteiger charge is -2.14. The van der Waals surface area contributed by atoms with Gasteiger partial charge >= 0.3 is 0 Å². The van der Waals surface area contributed by atoms with Gasteiger partial charge in [-0.05, 0) is 12.1 Å². The van der Waals surface area contributed by atoms with Gasteiger partial charge in [-0.2, -0.15) is 5.26 Å². The fraction of sp³-hybridized carbons (Fsp3) is 0.357. The van der Waals surface area contributed by atoms with E-state index in [1.54, 1.807) is 0 Å². The highest BCUT2D eigenvalue weighted by molar-refractivity contribution is 5.79. The number of nitrogens with one attached hydrogen (secondary N) is 1. The molecule has 0 aliphatic carbocycles. The average molecular weight is 292 g/mol. The van der Waals surface area contributed by atoms with Crippen LogP contribution >= 0.6 is 0 Å². The van der Waals surface area contributed by atoms with Crippen LogP contribution in [0.4, 0.5) is 0 Å². The predicted molar refractivity (Wildman–Crippen MR) is 73.7 cm³/mol. The van der Waals surface area contributed by atoms with Gasteiger partial charge in [-0.25, -0.2) is 0 Å². The summed E-state index contributed by atoms with van der Waals surface area (Å²) in [7, 11) is 2.84. The topological polar surface area (TPSA) is 97.7 Å². The molecule has 112 valence electrons. The Hall–Kier alpha value is -2.75. The average Bonchev–Trinajstić information content (AvgIpc) is 2.52. The summed E-state index contributed by atoms with van der Waals surface area (Å²) < 4.78 is 15.6. The molecular weight excluding hydrogens is 276 g/mol. The number of nitrogens with zero attached hydrogens (tertiary/aromatic N) is 1. The molecule has 1 amide bonds. The Morgan fingerprint density at radius 1 is 1.33 bits per heavy atom. The van der Waals surface area contributed by atoms with Crippen LogP contribution in [0.1, 0.15) is 16.8 Å². The zero-order valence-electron chi connectivity index (χ0n) is 11.8. The molecule has 0 fully saturated rings. The Morgan fingerprint density at radius 3 is 2.43 bits per heavy atom. The zero-order valence-corrected chi connectivity index (χ0v) is 11.8. The molecule has 0 bridgehead atoms. The minimum absolute atomic E-state index is 0.229. The van der Waals surface area contributed by atoms with E-state index in [4.69, 9.17) is 19.5 Å². The number of rotatable bonds is 8. The molecule has 0 atom stereocenters. The van der Waals surface area contributed by atoms with E-state index in [1.165, 1.54) is 26.4 Å². The summed E-state index contributed by atoms with van der Waals surface area (Å²) in [5, 5.41) is 10.9. The van der Waals surface area contributed by atoms with Gasteiger partial charge in [0, 0.05) is 12.1 Å². The SMILES string of the molecule is COc1cc(C=O)cc(OC)c1OCC(=O)NCCC#N. The maximum atomic E-state index is 11.5. The molecule has 0 aliphatic heterocycles. The lowest BCUT2D eigenvalue weighted by molar-refractivity contribution is -0.123. The number of hydrogen-bond donors (Lipinski definition) is 1. The van der Waals surface area contributed by atoms with Crippen LogP contribution in [-0.4, -0.2) is 39.6 Å². The summed E-state index contributed by atoms with van der Waals surface area (Å²) >= 11 is 0. The number of aldehydes is 1. The molecule has 0 unspecified atom stereocenters. The van der Waals surface area contributed by atoms with E-state index in [1.807, 2.05) is 6.07 Å². The van der Waals surface area contributed by atoms with Crippen LogP contribution in [0, 0.1) is 11.3 Å². The summed E-state index contributed by atoms with van der Waals surface area (Å²) in [6.45, 7) is 0.00955. The van der Waals surface area contributed by atoms with E-state index in [9.17, 15) is 9.59 Å². The molecule has 0 spiro atoms. The number of ether oxygens (including phenoxy) is 3. The monoisotopic (exact) mass is 292 g/mol. The highest BCUT2D eigenvalue weighted by Gasteiger charge is 2.15. The minimum atomic E-state index is -0.367. The van der Waals surface area contributed by atoms with Crippen molar-refractivity contribution in [2.45, 2.75) is 6.42 Å². The molecule has 0 heterocycles. The Morgan fingerprint density at radius 2 is 1.95 bits per heavy atom. The van der Waals surface area contributed by atoms with Gasteiger partial charge in [0.25, 0.3) is 5.91 Å². The van der Waals surface area contributed by atoms with Crippen molar-refractivity contribution in [1.82, 2.24) is 5.32 Å². The Kier molecular flexibility index (Phi) is 6.54. The summed E-state index contributed by atoms with van der Waals surface area (Å²) in [4.78, 5) is 22.4. The minimum Gasteiger partial charge on any atom is -0.493 e. The fourth-order valence-electron chi connectivity index (χ4n) is 1.56. The first-order valence-corrected chi connectivity index (χ1v) is 6.14. The van der Waals surface area contributed by atoms with Crippen LogP contribution in [-0.2, 0) is 4.79 Å². The van der Waals surface area contributed by atoms with Crippen molar-refractivity contribution in [2.75, 3.05) is 27.4 Å². The smallest absolute Gasteiger partial charge is 0.257 e. The lowest BCUT2D eigenvalue weighted by atomic mass is 10.2. The van der Waals surface area contributed by atoms with Gasteiger partial charge in [-0.3, -0.25) is 9.59 Å². The zero-order chi connectivity index (χ0) is 15.7. The van der Waals surface area contributed by atoms with Crippen LogP contribution in [0.2, 0.25) is 0 Å². The van der Waals surface area contributed by atoms with E-state index < -0.39 is 0 Å². The summed E-state index contributed by atoms with van der Waals surface area (Å²) in [6.07, 6.45) is 0.885. The van der Waals surface area contributed by atoms with Gasteiger partial charge in [-0.1, -0.05) is 0 Å². The third kappa shape index (κ3) is 4.69. The Bertz CT molecular complexity index is 526. The van der Waals surface area contributed by atoms with Gasteiger partial charge in [0.1, 0.15) is 6.29 Å². The standard InChI is InChI=1S/C14H16N2O5/c1-19-11-6-10(8-17)7-12(20-2)14(11)21-9-13(18)16-5-3-4-15/h6-8H,3,5,9H2,1-2H3,(H,16,18). The third-order valence-corrected chi connectivity index (χ3v) is 2.53. The van der Waals surface area contributed by atoms with E-state index in [2.05, 4.69) is 5.32 Å². The molecule has 1 N–H and O–H groups in total. The Labute approximate surface area is 122 Å². The normalized spacial score (nSPS) is 9.38. The fourth-order valence-corrected chi connectivity index (χ4v) is 1.56. The molecular formula is C14H16N2O5. The molecule has 0 radical (unpaired) electrons. The molecule has 0 aromatic heterocycles. The van der Waals surface area contributed by atoms with Crippen molar-refractivity contribution < 1.29 is 23.8 Å². The van der Waals surface area contributed by atoms with Crippen molar-refractivity contribution in [3.05, 3.63) is 17.7 Å². The molecule has 1 aromatic carbocycles. The second-order valence-corrected chi connectivity index (χ2v) is 3.92. The van der Waals surface area contributed by atoms with Crippen LogP contribution in [0.25, 0.3) is 0 Å². The Balaban J connectivity index is 2.80. The maximum absolute atomic E-state index is 11.5. The number of carbonyl (C=O) groups excluding carboxylic acids is 2. The summed E-state index contributed by atoms with van der Waals surface area (Å²) in [6, 6.07) is 4.89. The molecule has 0 aliphatic rings. The number of nitriles is 1. The van der Waals surface area contributed by atoms with E-state index >= 15 is 0 Å². The first-order chi connectivity index (χ1) is 10.2. The number of hydrogen-bond acceptors (Lipinski definition) is 6. The highest BCUT2D eigenvalue weighted by atomic mass is 16.5. The third-order valence-electron chi connectivity index (χ3n) is 2.53. The molecule has 0 saturated carbocycles. The van der Waals surface area contributed by atoms with Crippen LogP contribution in [0.15, 0.2) is 12.1 Å².